The molecule has 0 radical (unpaired) electrons. The van der Waals surface area contributed by atoms with E-state index in [4.69, 9.17) is 0 Å². The monoisotopic (exact) mass is 874 g/mol. The number of hydrogen-bond donors (Lipinski definition) is 0. The molecule has 0 saturated heterocycles. The molecule has 1 aliphatic rings. The van der Waals surface area contributed by atoms with Crippen LogP contribution in [0.5, 0.6) is 0 Å². The summed E-state index contributed by atoms with van der Waals surface area (Å²) >= 11 is 14.3. The van der Waals surface area contributed by atoms with Crippen molar-refractivity contribution in [3.8, 4) is 23.3 Å². The molecule has 230 valence electrons. The highest BCUT2D eigenvalue weighted by Crippen LogP contribution is 2.50. The van der Waals surface area contributed by atoms with E-state index >= 15 is 0 Å². The maximum atomic E-state index is 10.2. The molecule has 0 aliphatic heterocycles. The average molecular weight is 878 g/mol. The summed E-state index contributed by atoms with van der Waals surface area (Å²) in [6.45, 7) is 0. The highest BCUT2D eigenvalue weighted by atomic mass is 79.9. The Balaban J connectivity index is 1.41. The van der Waals surface area contributed by atoms with Crippen LogP contribution in [0.3, 0.4) is 0 Å². The SMILES string of the molecule is N#CC(C#N)=C1c2cc(N(c3ccc(Br)cc3)c3ccc(Br)cc3)ccc2-c2ccc(N(c3ccc(Br)cc3)c3ccc(Br)cc3)cc21. The van der Waals surface area contributed by atoms with Crippen molar-refractivity contribution in [2.75, 3.05) is 9.80 Å². The van der Waals surface area contributed by atoms with Crippen molar-refractivity contribution in [3.63, 3.8) is 0 Å². The van der Waals surface area contributed by atoms with Crippen molar-refractivity contribution in [2.45, 2.75) is 0 Å². The van der Waals surface area contributed by atoms with E-state index in [-0.39, 0.29) is 5.57 Å². The minimum absolute atomic E-state index is 0.0713. The van der Waals surface area contributed by atoms with E-state index in [9.17, 15) is 10.5 Å². The van der Waals surface area contributed by atoms with Gasteiger partial charge in [0.25, 0.3) is 0 Å². The van der Waals surface area contributed by atoms with Gasteiger partial charge in [-0.2, -0.15) is 10.5 Å². The fourth-order valence-corrected chi connectivity index (χ4v) is 7.09. The fraction of sp³-hybridized carbons (Fsp3) is 0. The summed E-state index contributed by atoms with van der Waals surface area (Å²) in [6.07, 6.45) is 0. The van der Waals surface area contributed by atoms with E-state index in [0.717, 1.165) is 74.3 Å². The standard InChI is InChI=1S/C40H22Br4N4/c41-26-1-9-30(10-2-26)47(31-11-3-27(42)4-12-31)34-17-19-36-37-20-18-35(22-39(37)40(38(36)21-34)25(23-45)24-46)48(32-13-5-28(43)6-14-32)33-15-7-29(44)8-16-33/h1-22H. The summed E-state index contributed by atoms with van der Waals surface area (Å²) in [7, 11) is 0. The van der Waals surface area contributed by atoms with Gasteiger partial charge in [-0.05, 0) is 144 Å². The number of nitriles is 2. The maximum absolute atomic E-state index is 10.2. The van der Waals surface area contributed by atoms with Gasteiger partial charge in [0.15, 0.2) is 0 Å². The lowest BCUT2D eigenvalue weighted by Crippen LogP contribution is -2.10. The van der Waals surface area contributed by atoms with Crippen LogP contribution in [-0.2, 0) is 0 Å². The second kappa shape index (κ2) is 13.6. The number of benzene rings is 6. The van der Waals surface area contributed by atoms with Crippen molar-refractivity contribution in [1.82, 2.24) is 0 Å². The van der Waals surface area contributed by atoms with Crippen LogP contribution in [-0.4, -0.2) is 0 Å². The summed E-state index contributed by atoms with van der Waals surface area (Å²) in [6, 6.07) is 49.6. The van der Waals surface area contributed by atoms with Crippen molar-refractivity contribution < 1.29 is 0 Å². The van der Waals surface area contributed by atoms with Crippen LogP contribution < -0.4 is 9.80 Å². The first-order chi connectivity index (χ1) is 23.3. The number of nitrogens with zero attached hydrogens (tertiary/aromatic N) is 4. The molecule has 0 aromatic heterocycles. The summed E-state index contributed by atoms with van der Waals surface area (Å²) in [5.41, 5.74) is 10.1. The van der Waals surface area contributed by atoms with Gasteiger partial charge in [-0.15, -0.1) is 0 Å². The van der Waals surface area contributed by atoms with Gasteiger partial charge in [0.1, 0.15) is 17.7 Å². The summed E-state index contributed by atoms with van der Waals surface area (Å²) in [5.74, 6) is 0. The van der Waals surface area contributed by atoms with E-state index in [1.165, 1.54) is 0 Å². The third kappa shape index (κ3) is 6.14. The Morgan fingerprint density at radius 2 is 0.646 bits per heavy atom. The van der Waals surface area contributed by atoms with Gasteiger partial charge in [-0.1, -0.05) is 75.9 Å². The Labute approximate surface area is 312 Å². The van der Waals surface area contributed by atoms with Gasteiger partial charge in [-0.25, -0.2) is 0 Å². The molecule has 0 atom stereocenters. The summed E-state index contributed by atoms with van der Waals surface area (Å²) < 4.78 is 3.95. The minimum Gasteiger partial charge on any atom is -0.310 e. The second-order valence-corrected chi connectivity index (χ2v) is 14.7. The molecule has 0 saturated carbocycles. The van der Waals surface area contributed by atoms with Gasteiger partial charge >= 0.3 is 0 Å². The molecule has 0 spiro atoms. The van der Waals surface area contributed by atoms with Crippen LogP contribution in [0, 0.1) is 22.7 Å². The van der Waals surface area contributed by atoms with Crippen LogP contribution in [0.1, 0.15) is 11.1 Å². The van der Waals surface area contributed by atoms with Crippen LogP contribution in [0.2, 0.25) is 0 Å². The lowest BCUT2D eigenvalue weighted by atomic mass is 9.98. The van der Waals surface area contributed by atoms with Gasteiger partial charge in [0, 0.05) is 57.6 Å². The Kier molecular flexibility index (Phi) is 9.09. The number of anilines is 6. The van der Waals surface area contributed by atoms with E-state index in [2.05, 4.69) is 171 Å². The van der Waals surface area contributed by atoms with Crippen molar-refractivity contribution in [2.24, 2.45) is 0 Å². The van der Waals surface area contributed by atoms with E-state index < -0.39 is 0 Å². The Hall–Kier alpha value is -4.44. The zero-order chi connectivity index (χ0) is 33.4. The van der Waals surface area contributed by atoms with Crippen molar-refractivity contribution in [3.05, 3.63) is 168 Å². The topological polar surface area (TPSA) is 54.1 Å². The first-order valence-corrected chi connectivity index (χ1v) is 18.0. The van der Waals surface area contributed by atoms with Crippen LogP contribution >= 0.6 is 63.7 Å². The molecule has 0 amide bonds. The van der Waals surface area contributed by atoms with Crippen LogP contribution in [0.15, 0.2) is 157 Å². The number of fused-ring (bicyclic) bond motifs is 3. The zero-order valence-corrected chi connectivity index (χ0v) is 31.3. The average Bonchev–Trinajstić information content (AvgIpc) is 3.42. The lowest BCUT2D eigenvalue weighted by Gasteiger charge is -2.26. The molecule has 6 aromatic carbocycles. The second-order valence-electron chi connectivity index (χ2n) is 11.0. The van der Waals surface area contributed by atoms with Crippen LogP contribution in [0.25, 0.3) is 16.7 Å². The molecule has 8 heteroatoms. The van der Waals surface area contributed by atoms with Gasteiger partial charge in [0.2, 0.25) is 0 Å². The van der Waals surface area contributed by atoms with E-state index in [1.54, 1.807) is 0 Å². The molecular formula is C40H22Br4N4. The van der Waals surface area contributed by atoms with E-state index in [1.807, 2.05) is 48.5 Å². The highest BCUT2D eigenvalue weighted by Gasteiger charge is 2.29. The predicted molar refractivity (Wildman–Crippen MR) is 209 cm³/mol. The number of allylic oxidation sites excluding steroid dienone is 1. The quantitative estimate of drug-likeness (QED) is 0.156. The largest absolute Gasteiger partial charge is 0.310 e. The minimum atomic E-state index is 0.0713. The molecule has 4 nitrogen and oxygen atoms in total. The summed E-state index contributed by atoms with van der Waals surface area (Å²) in [4.78, 5) is 4.35. The van der Waals surface area contributed by atoms with Gasteiger partial charge in [0.05, 0.1) is 0 Å². The molecular weight excluding hydrogens is 856 g/mol. The van der Waals surface area contributed by atoms with Crippen molar-refractivity contribution in [1.29, 1.82) is 10.5 Å². The molecule has 7 rings (SSSR count). The van der Waals surface area contributed by atoms with Crippen molar-refractivity contribution >= 4 is 103 Å². The maximum Gasteiger partial charge on any atom is 0.138 e. The number of halogens is 4. The smallest absolute Gasteiger partial charge is 0.138 e. The normalized spacial score (nSPS) is 11.2. The molecule has 0 fully saturated rings. The fourth-order valence-electron chi connectivity index (χ4n) is 6.03. The molecule has 48 heavy (non-hydrogen) atoms. The Bertz CT molecular complexity index is 2030. The first-order valence-electron chi connectivity index (χ1n) is 14.8. The Morgan fingerprint density at radius 1 is 0.375 bits per heavy atom. The molecule has 0 bridgehead atoms. The van der Waals surface area contributed by atoms with Gasteiger partial charge in [-0.3, -0.25) is 0 Å². The summed E-state index contributed by atoms with van der Waals surface area (Å²) in [5, 5.41) is 20.5. The van der Waals surface area contributed by atoms with Gasteiger partial charge < -0.3 is 9.80 Å². The molecule has 6 aromatic rings. The molecule has 0 heterocycles. The van der Waals surface area contributed by atoms with E-state index in [0.29, 0.717) is 5.57 Å². The Morgan fingerprint density at radius 3 is 0.917 bits per heavy atom. The molecule has 0 unspecified atom stereocenters. The zero-order valence-electron chi connectivity index (χ0n) is 25.0. The number of rotatable bonds is 6. The lowest BCUT2D eigenvalue weighted by molar-refractivity contribution is 1.28. The number of hydrogen-bond acceptors (Lipinski definition) is 4. The third-order valence-electron chi connectivity index (χ3n) is 8.16. The third-order valence-corrected chi connectivity index (χ3v) is 10.3. The molecule has 1 aliphatic carbocycles. The molecule has 0 N–H and O–H groups in total. The van der Waals surface area contributed by atoms with Crippen LogP contribution in [0.4, 0.5) is 34.1 Å². The first kappa shape index (κ1) is 32.1. The predicted octanol–water partition coefficient (Wildman–Crippen LogP) is 13.5. The highest BCUT2D eigenvalue weighted by molar-refractivity contribution is 9.11.